The molecular weight excluding hydrogens is 386 g/mol. The number of nitrogens with zero attached hydrogens (tertiary/aromatic N) is 2. The van der Waals surface area contributed by atoms with Crippen LogP contribution in [0.5, 0.6) is 11.5 Å². The highest BCUT2D eigenvalue weighted by molar-refractivity contribution is 8.15. The molecule has 1 N–H and O–H groups in total. The molecule has 0 unspecified atom stereocenters. The number of benzene rings is 2. The van der Waals surface area contributed by atoms with Crippen LogP contribution in [-0.2, 0) is 11.2 Å². The van der Waals surface area contributed by atoms with Gasteiger partial charge in [-0.1, -0.05) is 37.2 Å². The fraction of sp³-hybridized carbons (Fsp3) is 0.318. The van der Waals surface area contributed by atoms with Gasteiger partial charge in [-0.3, -0.25) is 4.79 Å². The Bertz CT molecular complexity index is 881. The highest BCUT2D eigenvalue weighted by Crippen LogP contribution is 2.24. The maximum absolute atomic E-state index is 12.2. The number of amidine groups is 1. The number of hydrogen-bond donors (Lipinski definition) is 1. The average Bonchev–Trinajstić information content (AvgIpc) is 3.08. The predicted molar refractivity (Wildman–Crippen MR) is 118 cm³/mol. The van der Waals surface area contributed by atoms with E-state index < -0.39 is 0 Å². The third kappa shape index (κ3) is 6.35. The van der Waals surface area contributed by atoms with Gasteiger partial charge < -0.3 is 14.8 Å². The molecule has 7 heteroatoms. The van der Waals surface area contributed by atoms with Gasteiger partial charge in [-0.25, -0.2) is 0 Å². The molecule has 152 valence electrons. The molecule has 0 bridgehead atoms. The Morgan fingerprint density at radius 1 is 1.17 bits per heavy atom. The number of amides is 1. The third-order valence-corrected chi connectivity index (χ3v) is 5.41. The van der Waals surface area contributed by atoms with Gasteiger partial charge in [-0.15, -0.1) is 5.10 Å². The summed E-state index contributed by atoms with van der Waals surface area (Å²) >= 11 is 1.39. The topological polar surface area (TPSA) is 72.3 Å². The monoisotopic (exact) mass is 411 g/mol. The Hall–Kier alpha value is -2.80. The van der Waals surface area contributed by atoms with Crippen LogP contribution in [0, 0.1) is 0 Å². The van der Waals surface area contributed by atoms with Crippen molar-refractivity contribution in [2.24, 2.45) is 10.2 Å². The van der Waals surface area contributed by atoms with Crippen molar-refractivity contribution in [3.8, 4) is 11.5 Å². The van der Waals surface area contributed by atoms with Crippen molar-refractivity contribution < 1.29 is 14.3 Å². The van der Waals surface area contributed by atoms with E-state index >= 15 is 0 Å². The molecule has 0 saturated carbocycles. The zero-order chi connectivity index (χ0) is 20.5. The smallest absolute Gasteiger partial charge is 0.239 e. The first kappa shape index (κ1) is 20.9. The van der Waals surface area contributed by atoms with Crippen LogP contribution in [0.1, 0.15) is 30.9 Å². The van der Waals surface area contributed by atoms with Crippen molar-refractivity contribution in [2.75, 3.05) is 13.7 Å². The summed E-state index contributed by atoms with van der Waals surface area (Å²) in [6.45, 7) is 2.86. The lowest BCUT2D eigenvalue weighted by Gasteiger charge is -2.07. The van der Waals surface area contributed by atoms with Crippen molar-refractivity contribution in [3.63, 3.8) is 0 Å². The number of carbonyl (C=O) groups excluding carboxylic acids is 1. The molecule has 1 saturated heterocycles. The molecule has 1 fully saturated rings. The van der Waals surface area contributed by atoms with E-state index in [1.54, 1.807) is 13.3 Å². The van der Waals surface area contributed by atoms with E-state index in [1.807, 2.05) is 48.5 Å². The highest BCUT2D eigenvalue weighted by Gasteiger charge is 2.30. The fourth-order valence-electron chi connectivity index (χ4n) is 2.73. The van der Waals surface area contributed by atoms with E-state index in [0.717, 1.165) is 42.1 Å². The van der Waals surface area contributed by atoms with Crippen molar-refractivity contribution >= 4 is 29.1 Å². The van der Waals surface area contributed by atoms with Crippen LogP contribution < -0.4 is 14.8 Å². The van der Waals surface area contributed by atoms with Crippen LogP contribution in [0.25, 0.3) is 0 Å². The molecular formula is C22H25N3O3S. The standard InChI is InChI=1S/C22H25N3O3S/c1-3-4-12-28-18-10-8-16(9-11-18)15-23-25-22-24-21(26)20(29-22)14-17-6-5-7-19(13-17)27-2/h5-11,13,15,20H,3-4,12,14H2,1-2H3,(H,24,25,26)/b23-15-/t20-/m0/s1. The summed E-state index contributed by atoms with van der Waals surface area (Å²) in [7, 11) is 1.63. The molecule has 2 aromatic rings. The van der Waals surface area contributed by atoms with Crippen LogP contribution in [0.15, 0.2) is 58.7 Å². The molecule has 1 amide bonds. The van der Waals surface area contributed by atoms with Gasteiger partial charge in [-0.2, -0.15) is 5.10 Å². The summed E-state index contributed by atoms with van der Waals surface area (Å²) in [6, 6.07) is 15.4. The van der Waals surface area contributed by atoms with E-state index in [0.29, 0.717) is 11.6 Å². The molecule has 0 spiro atoms. The fourth-order valence-corrected chi connectivity index (χ4v) is 3.70. The molecule has 1 aliphatic rings. The maximum atomic E-state index is 12.2. The minimum atomic E-state index is -0.226. The summed E-state index contributed by atoms with van der Waals surface area (Å²) in [5.74, 6) is 1.58. The van der Waals surface area contributed by atoms with Crippen LogP contribution in [0.2, 0.25) is 0 Å². The van der Waals surface area contributed by atoms with Crippen LogP contribution in [-0.4, -0.2) is 36.3 Å². The minimum Gasteiger partial charge on any atom is -0.497 e. The Kier molecular flexibility index (Phi) is 7.69. The van der Waals surface area contributed by atoms with Gasteiger partial charge in [-0.05, 0) is 60.4 Å². The summed E-state index contributed by atoms with van der Waals surface area (Å²) in [5, 5.41) is 11.3. The largest absolute Gasteiger partial charge is 0.497 e. The first-order chi connectivity index (χ1) is 14.2. The number of carbonyl (C=O) groups is 1. The number of nitrogens with one attached hydrogen (secondary N) is 1. The first-order valence-corrected chi connectivity index (χ1v) is 10.5. The number of ether oxygens (including phenoxy) is 2. The molecule has 1 aliphatic heterocycles. The lowest BCUT2D eigenvalue weighted by Crippen LogP contribution is -2.25. The van der Waals surface area contributed by atoms with Gasteiger partial charge in [0.15, 0.2) is 5.17 Å². The number of unbranched alkanes of at least 4 members (excludes halogenated alkanes) is 1. The van der Waals surface area contributed by atoms with E-state index in [-0.39, 0.29) is 11.2 Å². The van der Waals surface area contributed by atoms with Gasteiger partial charge in [0.05, 0.1) is 25.2 Å². The molecule has 1 heterocycles. The Morgan fingerprint density at radius 3 is 2.76 bits per heavy atom. The number of thioether (sulfide) groups is 1. The molecule has 0 radical (unpaired) electrons. The van der Waals surface area contributed by atoms with Gasteiger partial charge in [0.25, 0.3) is 0 Å². The molecule has 1 atom stereocenters. The third-order valence-electron chi connectivity index (χ3n) is 4.33. The summed E-state index contributed by atoms with van der Waals surface area (Å²) < 4.78 is 10.9. The quantitative estimate of drug-likeness (QED) is 0.384. The lowest BCUT2D eigenvalue weighted by atomic mass is 10.1. The molecule has 3 rings (SSSR count). The second-order valence-electron chi connectivity index (χ2n) is 6.57. The Balaban J connectivity index is 1.54. The molecule has 6 nitrogen and oxygen atoms in total. The van der Waals surface area contributed by atoms with Gasteiger partial charge >= 0.3 is 0 Å². The minimum absolute atomic E-state index is 0.0552. The van der Waals surface area contributed by atoms with Crippen LogP contribution in [0.4, 0.5) is 0 Å². The molecule has 29 heavy (non-hydrogen) atoms. The Morgan fingerprint density at radius 2 is 2.00 bits per heavy atom. The number of rotatable bonds is 9. The van der Waals surface area contributed by atoms with Crippen LogP contribution in [0.3, 0.4) is 0 Å². The molecule has 0 aliphatic carbocycles. The van der Waals surface area contributed by atoms with E-state index in [2.05, 4.69) is 22.4 Å². The molecule has 0 aromatic heterocycles. The van der Waals surface area contributed by atoms with Crippen molar-refractivity contribution in [1.29, 1.82) is 0 Å². The van der Waals surface area contributed by atoms with Crippen LogP contribution >= 0.6 is 11.8 Å². The zero-order valence-corrected chi connectivity index (χ0v) is 17.4. The van der Waals surface area contributed by atoms with Gasteiger partial charge in [0.2, 0.25) is 5.91 Å². The normalized spacial score (nSPS) is 17.7. The summed E-state index contributed by atoms with van der Waals surface area (Å²) in [4.78, 5) is 12.2. The van der Waals surface area contributed by atoms with E-state index in [9.17, 15) is 4.79 Å². The number of methoxy groups -OCH3 is 1. The summed E-state index contributed by atoms with van der Waals surface area (Å²) in [6.07, 6.45) is 4.42. The first-order valence-electron chi connectivity index (χ1n) is 9.62. The second kappa shape index (κ2) is 10.7. The molecule has 2 aromatic carbocycles. The Labute approximate surface area is 175 Å². The SMILES string of the molecule is CCCCOc1ccc(/C=N\N=C2/NC(=O)[C@H](Cc3cccc(OC)c3)S2)cc1. The predicted octanol–water partition coefficient (Wildman–Crippen LogP) is 4.04. The zero-order valence-electron chi connectivity index (χ0n) is 16.6. The van der Waals surface area contributed by atoms with Crippen molar-refractivity contribution in [3.05, 3.63) is 59.7 Å². The van der Waals surface area contributed by atoms with E-state index in [1.165, 1.54) is 11.8 Å². The summed E-state index contributed by atoms with van der Waals surface area (Å²) in [5.41, 5.74) is 1.96. The second-order valence-corrected chi connectivity index (χ2v) is 7.76. The highest BCUT2D eigenvalue weighted by atomic mass is 32.2. The van der Waals surface area contributed by atoms with E-state index in [4.69, 9.17) is 9.47 Å². The van der Waals surface area contributed by atoms with Crippen molar-refractivity contribution in [2.45, 2.75) is 31.4 Å². The van der Waals surface area contributed by atoms with Crippen molar-refractivity contribution in [1.82, 2.24) is 5.32 Å². The van der Waals surface area contributed by atoms with Gasteiger partial charge in [0.1, 0.15) is 11.5 Å². The van der Waals surface area contributed by atoms with Gasteiger partial charge in [0, 0.05) is 0 Å². The average molecular weight is 412 g/mol. The lowest BCUT2D eigenvalue weighted by molar-refractivity contribution is -0.118. The number of hydrogen-bond acceptors (Lipinski definition) is 6. The maximum Gasteiger partial charge on any atom is 0.239 e.